The molecule has 3 rings (SSSR count). The molecule has 1 aliphatic heterocycles. The van der Waals surface area contributed by atoms with Crippen molar-refractivity contribution in [2.24, 2.45) is 21.0 Å². The standard InChI is InChI=1S/C19H20N4O/c1-19(2)12-13-8-6-7-11-15(13)16(21-19)17(18(20)24)23-22-14-9-4-3-5-10-14/h3-11,17H,12H2,1-2H3,(H2,20,24). The van der Waals surface area contributed by atoms with Crippen LogP contribution >= 0.6 is 0 Å². The molecule has 0 bridgehead atoms. The minimum Gasteiger partial charge on any atom is -0.367 e. The van der Waals surface area contributed by atoms with E-state index in [1.165, 1.54) is 0 Å². The molecule has 2 aromatic carbocycles. The Kier molecular flexibility index (Phi) is 4.25. The lowest BCUT2D eigenvalue weighted by Gasteiger charge is -2.30. The van der Waals surface area contributed by atoms with Gasteiger partial charge < -0.3 is 5.73 Å². The van der Waals surface area contributed by atoms with Gasteiger partial charge in [0.25, 0.3) is 0 Å². The molecule has 5 heteroatoms. The molecule has 2 N–H and O–H groups in total. The van der Waals surface area contributed by atoms with Gasteiger partial charge in [0.2, 0.25) is 5.91 Å². The van der Waals surface area contributed by atoms with Gasteiger partial charge in [-0.15, -0.1) is 0 Å². The molecule has 1 atom stereocenters. The van der Waals surface area contributed by atoms with E-state index < -0.39 is 11.9 Å². The van der Waals surface area contributed by atoms with Crippen molar-refractivity contribution in [1.82, 2.24) is 0 Å². The molecular formula is C19H20N4O. The average molecular weight is 320 g/mol. The average Bonchev–Trinajstić information content (AvgIpc) is 2.54. The zero-order valence-electron chi connectivity index (χ0n) is 13.8. The number of rotatable bonds is 4. The maximum Gasteiger partial charge on any atom is 0.250 e. The highest BCUT2D eigenvalue weighted by atomic mass is 16.1. The summed E-state index contributed by atoms with van der Waals surface area (Å²) in [6.45, 7) is 4.07. The molecule has 1 unspecified atom stereocenters. The van der Waals surface area contributed by atoms with Crippen LogP contribution in [0.2, 0.25) is 0 Å². The molecule has 0 radical (unpaired) electrons. The third-order valence-corrected chi connectivity index (χ3v) is 3.91. The monoisotopic (exact) mass is 320 g/mol. The zero-order chi connectivity index (χ0) is 17.2. The second-order valence-corrected chi connectivity index (χ2v) is 6.50. The van der Waals surface area contributed by atoms with Gasteiger partial charge in [0.05, 0.1) is 16.9 Å². The largest absolute Gasteiger partial charge is 0.367 e. The molecule has 1 amide bonds. The molecule has 0 fully saturated rings. The van der Waals surface area contributed by atoms with Gasteiger partial charge in [0, 0.05) is 5.56 Å². The number of hydrogen-bond acceptors (Lipinski definition) is 4. The first-order valence-electron chi connectivity index (χ1n) is 7.89. The van der Waals surface area contributed by atoms with Crippen molar-refractivity contribution >= 4 is 17.3 Å². The van der Waals surface area contributed by atoms with Crippen molar-refractivity contribution in [2.45, 2.75) is 31.8 Å². The third kappa shape index (κ3) is 3.40. The summed E-state index contributed by atoms with van der Waals surface area (Å²) in [5.74, 6) is -0.555. The fourth-order valence-electron chi connectivity index (χ4n) is 2.89. The van der Waals surface area contributed by atoms with Crippen molar-refractivity contribution in [3.8, 4) is 0 Å². The number of carbonyl (C=O) groups excluding carboxylic acids is 1. The van der Waals surface area contributed by atoms with Gasteiger partial charge >= 0.3 is 0 Å². The van der Waals surface area contributed by atoms with Crippen LogP contribution in [0.5, 0.6) is 0 Å². The van der Waals surface area contributed by atoms with E-state index >= 15 is 0 Å². The normalized spacial score (nSPS) is 17.2. The molecule has 1 aliphatic rings. The smallest absolute Gasteiger partial charge is 0.250 e. The second kappa shape index (κ2) is 6.35. The van der Waals surface area contributed by atoms with Gasteiger partial charge in [-0.1, -0.05) is 42.5 Å². The second-order valence-electron chi connectivity index (χ2n) is 6.50. The minimum absolute atomic E-state index is 0.306. The summed E-state index contributed by atoms with van der Waals surface area (Å²) in [5, 5.41) is 8.37. The highest BCUT2D eigenvalue weighted by Gasteiger charge is 2.33. The van der Waals surface area contributed by atoms with E-state index in [0.29, 0.717) is 11.4 Å². The minimum atomic E-state index is -0.897. The maximum atomic E-state index is 12.0. The first-order chi connectivity index (χ1) is 11.5. The Morgan fingerprint density at radius 1 is 1.12 bits per heavy atom. The summed E-state index contributed by atoms with van der Waals surface area (Å²) in [6, 6.07) is 16.3. The zero-order valence-corrected chi connectivity index (χ0v) is 13.8. The van der Waals surface area contributed by atoms with Crippen molar-refractivity contribution in [2.75, 3.05) is 0 Å². The Morgan fingerprint density at radius 3 is 2.50 bits per heavy atom. The van der Waals surface area contributed by atoms with E-state index in [1.54, 1.807) is 0 Å². The lowest BCUT2D eigenvalue weighted by Crippen LogP contribution is -2.40. The molecule has 2 aromatic rings. The highest BCUT2D eigenvalue weighted by Crippen LogP contribution is 2.28. The Labute approximate surface area is 141 Å². The first-order valence-corrected chi connectivity index (χ1v) is 7.89. The quantitative estimate of drug-likeness (QED) is 0.860. The molecule has 1 heterocycles. The number of primary amides is 1. The van der Waals surface area contributed by atoms with E-state index in [0.717, 1.165) is 17.5 Å². The topological polar surface area (TPSA) is 80.2 Å². The SMILES string of the molecule is CC1(C)Cc2ccccc2C(C(N=Nc2ccccc2)C(N)=O)=N1. The van der Waals surface area contributed by atoms with Crippen LogP contribution in [0.1, 0.15) is 25.0 Å². The van der Waals surface area contributed by atoms with E-state index in [4.69, 9.17) is 10.7 Å². The van der Waals surface area contributed by atoms with Crippen LogP contribution in [0.15, 0.2) is 69.8 Å². The molecule has 24 heavy (non-hydrogen) atoms. The predicted octanol–water partition coefficient (Wildman–Crippen LogP) is 3.45. The van der Waals surface area contributed by atoms with Crippen molar-refractivity contribution in [3.63, 3.8) is 0 Å². The molecular weight excluding hydrogens is 300 g/mol. The van der Waals surface area contributed by atoms with Crippen molar-refractivity contribution in [1.29, 1.82) is 0 Å². The van der Waals surface area contributed by atoms with Crippen LogP contribution in [-0.2, 0) is 11.2 Å². The first kappa shape index (κ1) is 16.1. The lowest BCUT2D eigenvalue weighted by atomic mass is 9.85. The van der Waals surface area contributed by atoms with Gasteiger partial charge in [0.15, 0.2) is 6.04 Å². The van der Waals surface area contributed by atoms with Crippen LogP contribution < -0.4 is 5.73 Å². The summed E-state index contributed by atoms with van der Waals surface area (Å²) >= 11 is 0. The van der Waals surface area contributed by atoms with E-state index in [2.05, 4.69) is 16.3 Å². The number of aliphatic imine (C=N–C) groups is 1. The number of nitrogens with zero attached hydrogens (tertiary/aromatic N) is 3. The highest BCUT2D eigenvalue weighted by molar-refractivity contribution is 6.17. The number of carbonyl (C=O) groups is 1. The van der Waals surface area contributed by atoms with E-state index in [1.807, 2.05) is 62.4 Å². The Bertz CT molecular complexity index is 809. The van der Waals surface area contributed by atoms with Gasteiger partial charge in [0.1, 0.15) is 0 Å². The summed E-state index contributed by atoms with van der Waals surface area (Å²) in [5.41, 5.74) is 8.63. The molecule has 0 aromatic heterocycles. The van der Waals surface area contributed by atoms with Crippen LogP contribution in [0, 0.1) is 0 Å². The third-order valence-electron chi connectivity index (χ3n) is 3.91. The van der Waals surface area contributed by atoms with Gasteiger partial charge in [-0.2, -0.15) is 10.2 Å². The number of amides is 1. The molecule has 122 valence electrons. The number of azo groups is 1. The predicted molar refractivity (Wildman–Crippen MR) is 94.7 cm³/mol. The van der Waals surface area contributed by atoms with Gasteiger partial charge in [-0.05, 0) is 38.0 Å². The number of hydrogen-bond donors (Lipinski definition) is 1. The Balaban J connectivity index is 2.03. The van der Waals surface area contributed by atoms with Crippen LogP contribution in [0.25, 0.3) is 0 Å². The van der Waals surface area contributed by atoms with Crippen LogP contribution in [0.4, 0.5) is 5.69 Å². The van der Waals surface area contributed by atoms with E-state index in [-0.39, 0.29) is 5.54 Å². The summed E-state index contributed by atoms with van der Waals surface area (Å²) < 4.78 is 0. The number of fused-ring (bicyclic) bond motifs is 1. The fraction of sp³-hybridized carbons (Fsp3) is 0.263. The summed E-state index contributed by atoms with van der Waals surface area (Å²) in [4.78, 5) is 16.8. The van der Waals surface area contributed by atoms with Crippen LogP contribution in [-0.4, -0.2) is 23.2 Å². The van der Waals surface area contributed by atoms with Gasteiger partial charge in [-0.3, -0.25) is 9.79 Å². The Morgan fingerprint density at radius 2 is 1.79 bits per heavy atom. The summed E-state index contributed by atoms with van der Waals surface area (Å²) in [7, 11) is 0. The molecule has 5 nitrogen and oxygen atoms in total. The van der Waals surface area contributed by atoms with Gasteiger partial charge in [-0.25, -0.2) is 0 Å². The Hall–Kier alpha value is -2.82. The van der Waals surface area contributed by atoms with Crippen molar-refractivity contribution in [3.05, 3.63) is 65.7 Å². The number of benzene rings is 2. The van der Waals surface area contributed by atoms with E-state index in [9.17, 15) is 4.79 Å². The molecule has 0 aliphatic carbocycles. The van der Waals surface area contributed by atoms with Crippen molar-refractivity contribution < 1.29 is 4.79 Å². The molecule has 0 saturated heterocycles. The van der Waals surface area contributed by atoms with Crippen LogP contribution in [0.3, 0.4) is 0 Å². The molecule has 0 saturated carbocycles. The molecule has 0 spiro atoms. The lowest BCUT2D eigenvalue weighted by molar-refractivity contribution is -0.117. The fourth-order valence-corrected chi connectivity index (χ4v) is 2.89. The summed E-state index contributed by atoms with van der Waals surface area (Å²) in [6.07, 6.45) is 0.813. The maximum absolute atomic E-state index is 12.0. The number of nitrogens with two attached hydrogens (primary N) is 1.